The second-order valence-electron chi connectivity index (χ2n) is 2.50. The zero-order valence-corrected chi connectivity index (χ0v) is 7.35. The summed E-state index contributed by atoms with van der Waals surface area (Å²) < 4.78 is 0. The van der Waals surface area contributed by atoms with E-state index in [9.17, 15) is 0 Å². The fourth-order valence-electron chi connectivity index (χ4n) is 0.319. The predicted molar refractivity (Wildman–Crippen MR) is 44.2 cm³/mol. The Morgan fingerprint density at radius 1 is 1.50 bits per heavy atom. The topological polar surface area (TPSA) is 21.6 Å². The van der Waals surface area contributed by atoms with Crippen LogP contribution in [0.25, 0.3) is 0 Å². The Balaban J connectivity index is 3.50. The van der Waals surface area contributed by atoms with Crippen molar-refractivity contribution >= 4 is 5.71 Å². The highest BCUT2D eigenvalue weighted by Crippen LogP contribution is 1.97. The number of rotatable bonds is 4. The molecule has 1 unspecified atom stereocenters. The lowest BCUT2D eigenvalue weighted by atomic mass is 10.3. The molecule has 2 nitrogen and oxygen atoms in total. The minimum Gasteiger partial charge on any atom is -0.393 e. The molecule has 0 aromatic heterocycles. The van der Waals surface area contributed by atoms with Gasteiger partial charge >= 0.3 is 0 Å². The standard InChI is InChI=1S/C8H17NO/c1-5-7(3)9-10-8(4)6-2/h8H,5-6H2,1-4H3/b9-7+. The van der Waals surface area contributed by atoms with Gasteiger partial charge in [-0.05, 0) is 26.7 Å². The van der Waals surface area contributed by atoms with Gasteiger partial charge in [-0.1, -0.05) is 19.0 Å². The molecule has 1 atom stereocenters. The molecule has 0 aliphatic rings. The first-order valence-electron chi connectivity index (χ1n) is 3.90. The Hall–Kier alpha value is -0.530. The van der Waals surface area contributed by atoms with Gasteiger partial charge in [0, 0.05) is 0 Å². The Morgan fingerprint density at radius 3 is 2.50 bits per heavy atom. The normalized spacial score (nSPS) is 15.0. The monoisotopic (exact) mass is 143 g/mol. The lowest BCUT2D eigenvalue weighted by Crippen LogP contribution is -2.03. The van der Waals surface area contributed by atoms with Gasteiger partial charge in [0.25, 0.3) is 0 Å². The second-order valence-corrected chi connectivity index (χ2v) is 2.50. The Morgan fingerprint density at radius 2 is 2.10 bits per heavy atom. The Kier molecular flexibility index (Phi) is 4.99. The third-order valence-corrected chi connectivity index (χ3v) is 1.48. The van der Waals surface area contributed by atoms with Crippen molar-refractivity contribution in [3.63, 3.8) is 0 Å². The maximum atomic E-state index is 5.13. The summed E-state index contributed by atoms with van der Waals surface area (Å²) in [5.41, 5.74) is 1.06. The molecule has 0 aromatic rings. The third-order valence-electron chi connectivity index (χ3n) is 1.48. The van der Waals surface area contributed by atoms with Gasteiger partial charge in [-0.15, -0.1) is 0 Å². The Labute approximate surface area is 63.3 Å². The Bertz CT molecular complexity index is 110. The van der Waals surface area contributed by atoms with Crippen LogP contribution in [0.3, 0.4) is 0 Å². The maximum Gasteiger partial charge on any atom is 0.124 e. The lowest BCUT2D eigenvalue weighted by Gasteiger charge is -2.05. The van der Waals surface area contributed by atoms with Gasteiger partial charge in [0.2, 0.25) is 0 Å². The highest BCUT2D eigenvalue weighted by Gasteiger charge is 1.95. The molecule has 0 aromatic carbocycles. The maximum absolute atomic E-state index is 5.13. The van der Waals surface area contributed by atoms with E-state index in [2.05, 4.69) is 19.0 Å². The predicted octanol–water partition coefficient (Wildman–Crippen LogP) is 2.59. The average molecular weight is 143 g/mol. The third kappa shape index (κ3) is 4.36. The van der Waals surface area contributed by atoms with Crippen molar-refractivity contribution in [2.24, 2.45) is 5.16 Å². The summed E-state index contributed by atoms with van der Waals surface area (Å²) >= 11 is 0. The van der Waals surface area contributed by atoms with E-state index in [1.54, 1.807) is 0 Å². The van der Waals surface area contributed by atoms with Crippen LogP contribution in [0.1, 0.15) is 40.5 Å². The van der Waals surface area contributed by atoms with E-state index < -0.39 is 0 Å². The van der Waals surface area contributed by atoms with Gasteiger partial charge in [0.15, 0.2) is 0 Å². The van der Waals surface area contributed by atoms with Crippen molar-refractivity contribution in [2.75, 3.05) is 0 Å². The van der Waals surface area contributed by atoms with Crippen LogP contribution < -0.4 is 0 Å². The zero-order valence-electron chi connectivity index (χ0n) is 7.35. The molecule has 10 heavy (non-hydrogen) atoms. The smallest absolute Gasteiger partial charge is 0.124 e. The van der Waals surface area contributed by atoms with Crippen LogP contribution in [0.4, 0.5) is 0 Å². The van der Waals surface area contributed by atoms with Gasteiger partial charge in [-0.2, -0.15) is 0 Å². The molecule has 0 radical (unpaired) electrons. The molecule has 0 bridgehead atoms. The molecule has 0 amide bonds. The summed E-state index contributed by atoms with van der Waals surface area (Å²) in [5.74, 6) is 0. The molecule has 0 aliphatic heterocycles. The van der Waals surface area contributed by atoms with Crippen LogP contribution in [0.2, 0.25) is 0 Å². The van der Waals surface area contributed by atoms with Crippen LogP contribution >= 0.6 is 0 Å². The summed E-state index contributed by atoms with van der Waals surface area (Å²) in [6, 6.07) is 0. The number of hydrogen-bond donors (Lipinski definition) is 0. The number of hydrogen-bond acceptors (Lipinski definition) is 2. The van der Waals surface area contributed by atoms with Gasteiger partial charge in [0.05, 0.1) is 5.71 Å². The molecule has 0 N–H and O–H groups in total. The summed E-state index contributed by atoms with van der Waals surface area (Å²) in [6.07, 6.45) is 2.23. The molecule has 0 fully saturated rings. The van der Waals surface area contributed by atoms with E-state index in [1.807, 2.05) is 13.8 Å². The van der Waals surface area contributed by atoms with E-state index in [4.69, 9.17) is 4.84 Å². The van der Waals surface area contributed by atoms with Crippen molar-refractivity contribution < 1.29 is 4.84 Å². The SMILES string of the molecule is CC/C(C)=N/OC(C)CC. The highest BCUT2D eigenvalue weighted by molar-refractivity contribution is 5.80. The molecule has 0 heterocycles. The van der Waals surface area contributed by atoms with Crippen molar-refractivity contribution in [3.8, 4) is 0 Å². The molecule has 2 heteroatoms. The average Bonchev–Trinajstić information content (AvgIpc) is 1.99. The number of nitrogens with zero attached hydrogens (tertiary/aromatic N) is 1. The zero-order chi connectivity index (χ0) is 7.98. The van der Waals surface area contributed by atoms with Crippen molar-refractivity contribution in [2.45, 2.75) is 46.6 Å². The lowest BCUT2D eigenvalue weighted by molar-refractivity contribution is 0.0694. The second kappa shape index (κ2) is 5.27. The van der Waals surface area contributed by atoms with E-state index in [0.717, 1.165) is 18.6 Å². The van der Waals surface area contributed by atoms with Crippen LogP contribution in [0.5, 0.6) is 0 Å². The molecule has 0 saturated heterocycles. The van der Waals surface area contributed by atoms with Crippen LogP contribution in [-0.2, 0) is 4.84 Å². The van der Waals surface area contributed by atoms with Crippen LogP contribution in [0.15, 0.2) is 5.16 Å². The minimum absolute atomic E-state index is 0.251. The van der Waals surface area contributed by atoms with E-state index >= 15 is 0 Å². The van der Waals surface area contributed by atoms with E-state index in [0.29, 0.717) is 0 Å². The molecular formula is C8H17NO. The van der Waals surface area contributed by atoms with Crippen LogP contribution in [-0.4, -0.2) is 11.8 Å². The summed E-state index contributed by atoms with van der Waals surface area (Å²) in [5, 5.41) is 3.93. The first-order valence-corrected chi connectivity index (χ1v) is 3.90. The van der Waals surface area contributed by atoms with Crippen molar-refractivity contribution in [1.82, 2.24) is 0 Å². The highest BCUT2D eigenvalue weighted by atomic mass is 16.6. The summed E-state index contributed by atoms with van der Waals surface area (Å²) in [7, 11) is 0. The van der Waals surface area contributed by atoms with Crippen LogP contribution in [0, 0.1) is 0 Å². The van der Waals surface area contributed by atoms with Crippen molar-refractivity contribution in [3.05, 3.63) is 0 Å². The molecular weight excluding hydrogens is 126 g/mol. The molecule has 0 saturated carbocycles. The van der Waals surface area contributed by atoms with Gasteiger partial charge in [-0.3, -0.25) is 0 Å². The van der Waals surface area contributed by atoms with E-state index in [1.165, 1.54) is 0 Å². The minimum atomic E-state index is 0.251. The van der Waals surface area contributed by atoms with Crippen molar-refractivity contribution in [1.29, 1.82) is 0 Å². The molecule has 60 valence electrons. The van der Waals surface area contributed by atoms with Gasteiger partial charge < -0.3 is 4.84 Å². The fraction of sp³-hybridized carbons (Fsp3) is 0.875. The summed E-state index contributed by atoms with van der Waals surface area (Å²) in [6.45, 7) is 8.15. The molecule has 0 spiro atoms. The first kappa shape index (κ1) is 9.47. The van der Waals surface area contributed by atoms with E-state index in [-0.39, 0.29) is 6.10 Å². The largest absolute Gasteiger partial charge is 0.393 e. The quantitative estimate of drug-likeness (QED) is 0.438. The van der Waals surface area contributed by atoms with Gasteiger partial charge in [0.1, 0.15) is 6.10 Å². The molecule has 0 rings (SSSR count). The number of oxime groups is 1. The fourth-order valence-corrected chi connectivity index (χ4v) is 0.319. The first-order chi connectivity index (χ1) is 4.70. The van der Waals surface area contributed by atoms with Gasteiger partial charge in [-0.25, -0.2) is 0 Å². The summed E-state index contributed by atoms with van der Waals surface area (Å²) in [4.78, 5) is 5.13. The molecule has 0 aliphatic carbocycles.